The summed E-state index contributed by atoms with van der Waals surface area (Å²) in [6, 6.07) is 14.0. The number of methoxy groups -OCH3 is 3. The molecule has 20 heteroatoms. The Hall–Kier alpha value is -7.03. The maximum atomic E-state index is 12.1. The number of fused-ring (bicyclic) bond motifs is 3. The number of carbonyl (C=O) groups excluding carboxylic acids is 6. The Morgan fingerprint density at radius 3 is 1.41 bits per heavy atom. The van der Waals surface area contributed by atoms with E-state index in [0.717, 1.165) is 33.7 Å². The average molecular weight is 1050 g/mol. The van der Waals surface area contributed by atoms with Gasteiger partial charge >= 0.3 is 17.9 Å². The largest absolute Gasteiger partial charge is 0.492 e. The summed E-state index contributed by atoms with van der Waals surface area (Å²) in [5.74, 6) is 0.0552. The number of carbonyl (C=O) groups is 6. The van der Waals surface area contributed by atoms with Crippen molar-refractivity contribution in [3.05, 3.63) is 125 Å². The van der Waals surface area contributed by atoms with Gasteiger partial charge in [0.1, 0.15) is 13.2 Å². The molecule has 4 aliphatic rings. The lowest BCUT2D eigenvalue weighted by Gasteiger charge is -2.24. The number of hydrogen-bond donors (Lipinski definition) is 3. The van der Waals surface area contributed by atoms with Gasteiger partial charge in [-0.1, -0.05) is 36.6 Å². The zero-order chi connectivity index (χ0) is 52.5. The molecule has 386 valence electrons. The molecule has 18 nitrogen and oxygen atoms in total. The highest BCUT2D eigenvalue weighted by Crippen LogP contribution is 2.42. The number of ether oxygens (including phenoxy) is 9. The summed E-state index contributed by atoms with van der Waals surface area (Å²) in [6.07, 6.45) is 2.78. The van der Waals surface area contributed by atoms with Crippen LogP contribution in [0.1, 0.15) is 125 Å². The third kappa shape index (κ3) is 12.3. The highest BCUT2D eigenvalue weighted by Gasteiger charge is 2.34. The summed E-state index contributed by atoms with van der Waals surface area (Å²) in [5.41, 5.74) is 4.22. The zero-order valence-corrected chi connectivity index (χ0v) is 42.1. The van der Waals surface area contributed by atoms with Gasteiger partial charge in [0.15, 0.2) is 53.4 Å². The Labute approximate surface area is 428 Å². The molecule has 9 rings (SSSR count). The SMILES string of the molecule is COc1c(OCC2CCCC2)cc2c(c1C=O)CC(O)OC2=O.COc1c(OCc2ccc(C)cc2Cl)cc2c(c1C=O)CC(O)OC2=O.COc1c(OCc2ccc(C)s2)cc2c(c1C=O)CC(O)OC2=O. The van der Waals surface area contributed by atoms with Crippen molar-refractivity contribution in [1.29, 1.82) is 0 Å². The summed E-state index contributed by atoms with van der Waals surface area (Å²) in [6.45, 7) is 4.89. The molecule has 1 aliphatic carbocycles. The van der Waals surface area contributed by atoms with E-state index in [9.17, 15) is 44.1 Å². The minimum Gasteiger partial charge on any atom is -0.492 e. The summed E-state index contributed by atoms with van der Waals surface area (Å²) in [5, 5.41) is 29.4. The van der Waals surface area contributed by atoms with Crippen LogP contribution in [-0.2, 0) is 46.7 Å². The topological polar surface area (TPSA) is 246 Å². The summed E-state index contributed by atoms with van der Waals surface area (Å²) in [4.78, 5) is 72.9. The van der Waals surface area contributed by atoms with E-state index in [0.29, 0.717) is 71.2 Å². The Morgan fingerprint density at radius 2 is 1.03 bits per heavy atom. The first kappa shape index (κ1) is 53.8. The van der Waals surface area contributed by atoms with Crippen LogP contribution in [0.4, 0.5) is 0 Å². The van der Waals surface area contributed by atoms with E-state index in [1.54, 1.807) is 17.4 Å². The van der Waals surface area contributed by atoms with Gasteiger partial charge in [-0.2, -0.15) is 0 Å². The van der Waals surface area contributed by atoms with Gasteiger partial charge in [-0.25, -0.2) is 14.4 Å². The van der Waals surface area contributed by atoms with Gasteiger partial charge in [-0.15, -0.1) is 11.3 Å². The summed E-state index contributed by atoms with van der Waals surface area (Å²) < 4.78 is 47.8. The predicted molar refractivity (Wildman–Crippen MR) is 262 cm³/mol. The number of rotatable bonds is 15. The van der Waals surface area contributed by atoms with Crippen molar-refractivity contribution in [2.45, 2.75) is 90.9 Å². The number of aryl methyl sites for hydroxylation is 2. The first-order chi connectivity index (χ1) is 35.1. The first-order valence-electron chi connectivity index (χ1n) is 23.0. The predicted octanol–water partition coefficient (Wildman–Crippen LogP) is 7.68. The minimum atomic E-state index is -1.29. The number of benzene rings is 4. The number of thiophene rings is 1. The molecule has 0 amide bonds. The van der Waals surface area contributed by atoms with E-state index < -0.39 is 36.8 Å². The Bertz CT molecular complexity index is 2900. The number of cyclic esters (lactones) is 3. The molecule has 3 N–H and O–H groups in total. The number of aliphatic hydroxyl groups excluding tert-OH is 3. The van der Waals surface area contributed by atoms with Crippen molar-refractivity contribution < 1.29 is 86.7 Å². The Morgan fingerprint density at radius 1 is 0.603 bits per heavy atom. The van der Waals surface area contributed by atoms with E-state index in [1.807, 2.05) is 44.2 Å². The molecule has 73 heavy (non-hydrogen) atoms. The monoisotopic (exact) mass is 1040 g/mol. The highest BCUT2D eigenvalue weighted by molar-refractivity contribution is 7.11. The first-order valence-corrected chi connectivity index (χ1v) is 24.2. The molecule has 4 aromatic carbocycles. The fourth-order valence-corrected chi connectivity index (χ4v) is 9.95. The van der Waals surface area contributed by atoms with Crippen LogP contribution in [0.3, 0.4) is 0 Å². The van der Waals surface area contributed by atoms with E-state index in [-0.39, 0.29) is 82.2 Å². The van der Waals surface area contributed by atoms with Gasteiger partial charge in [0.25, 0.3) is 0 Å². The fourth-order valence-electron chi connectivity index (χ4n) is 8.86. The minimum absolute atomic E-state index is 0.00950. The third-order valence-corrected chi connectivity index (χ3v) is 13.7. The lowest BCUT2D eigenvalue weighted by molar-refractivity contribution is -0.0699. The Balaban J connectivity index is 0.000000161. The average Bonchev–Trinajstić information content (AvgIpc) is 4.05. The van der Waals surface area contributed by atoms with Crippen LogP contribution in [0.25, 0.3) is 0 Å². The van der Waals surface area contributed by atoms with Crippen molar-refractivity contribution in [3.63, 3.8) is 0 Å². The van der Waals surface area contributed by atoms with Crippen molar-refractivity contribution in [2.75, 3.05) is 27.9 Å². The Kier molecular flexibility index (Phi) is 17.8. The van der Waals surface area contributed by atoms with Crippen molar-refractivity contribution >= 4 is 59.7 Å². The summed E-state index contributed by atoms with van der Waals surface area (Å²) in [7, 11) is 4.28. The van der Waals surface area contributed by atoms with Gasteiger partial charge in [0.05, 0.1) is 61.3 Å². The number of esters is 3. The lowest BCUT2D eigenvalue weighted by Crippen LogP contribution is -2.28. The highest BCUT2D eigenvalue weighted by atomic mass is 35.5. The summed E-state index contributed by atoms with van der Waals surface area (Å²) >= 11 is 7.81. The molecule has 3 unspecified atom stereocenters. The van der Waals surface area contributed by atoms with E-state index in [2.05, 4.69) is 0 Å². The molecular weight excluding hydrogens is 992 g/mol. The quantitative estimate of drug-likeness (QED) is 0.0517. The van der Waals surface area contributed by atoms with Crippen LogP contribution in [0.5, 0.6) is 34.5 Å². The maximum Gasteiger partial charge on any atom is 0.340 e. The number of aldehydes is 3. The van der Waals surface area contributed by atoms with Gasteiger partial charge < -0.3 is 58.0 Å². The maximum absolute atomic E-state index is 12.1. The molecule has 3 aliphatic heterocycles. The second-order valence-electron chi connectivity index (χ2n) is 17.2. The van der Waals surface area contributed by atoms with Crippen molar-refractivity contribution in [2.24, 2.45) is 5.92 Å². The normalized spacial score (nSPS) is 17.5. The van der Waals surface area contributed by atoms with E-state index >= 15 is 0 Å². The molecule has 0 radical (unpaired) electrons. The van der Waals surface area contributed by atoms with Crippen LogP contribution in [0.2, 0.25) is 5.02 Å². The van der Waals surface area contributed by atoms with Gasteiger partial charge in [-0.3, -0.25) is 14.4 Å². The molecule has 1 aromatic heterocycles. The number of hydrogen-bond acceptors (Lipinski definition) is 19. The van der Waals surface area contributed by atoms with Gasteiger partial charge in [0.2, 0.25) is 18.9 Å². The molecule has 3 atom stereocenters. The smallest absolute Gasteiger partial charge is 0.340 e. The van der Waals surface area contributed by atoms with Crippen molar-refractivity contribution in [3.8, 4) is 34.5 Å². The van der Waals surface area contributed by atoms with Gasteiger partial charge in [-0.05, 0) is 91.3 Å². The molecule has 0 saturated heterocycles. The van der Waals surface area contributed by atoms with Crippen LogP contribution >= 0.6 is 22.9 Å². The number of halogens is 1. The van der Waals surface area contributed by atoms with Crippen LogP contribution in [-0.4, -0.2) is 98.9 Å². The molecule has 4 heterocycles. The second kappa shape index (κ2) is 24.1. The van der Waals surface area contributed by atoms with Crippen molar-refractivity contribution in [1.82, 2.24) is 0 Å². The van der Waals surface area contributed by atoms with Crippen LogP contribution in [0.15, 0.2) is 48.5 Å². The molecule has 1 saturated carbocycles. The van der Waals surface area contributed by atoms with Crippen LogP contribution in [0, 0.1) is 19.8 Å². The standard InChI is InChI=1S/C19H17ClO6.C17H16O6S.C17H20O6/c1-10-3-4-11(15(20)5-10)9-25-16-6-13-12(7-17(22)26-19(13)23)14(8-21)18(16)24-2;1-9-3-4-10(24-9)8-22-14-5-12-11(6-15(19)23-17(12)20)13(7-18)16(14)21-2;1-21-16-13(8-18)11-7-15(19)23-17(20)12(11)6-14(16)22-9-10-4-2-3-5-10/h3-6,8,17,22H,7,9H2,1-2H3;3-5,7,15,19H,6,8H2,1-2H3;6,8,10,15,19H,2-5,7,9H2,1H3. The molecule has 0 bridgehead atoms. The molecular formula is C53H53ClO18S. The van der Waals surface area contributed by atoms with Gasteiger partial charge in [0, 0.05) is 39.6 Å². The van der Waals surface area contributed by atoms with E-state index in [4.69, 9.17) is 54.2 Å². The molecule has 5 aromatic rings. The van der Waals surface area contributed by atoms with E-state index in [1.165, 1.54) is 46.3 Å². The number of aliphatic hydroxyl groups is 3. The molecule has 1 fully saturated rings. The van der Waals surface area contributed by atoms with Crippen LogP contribution < -0.4 is 28.4 Å². The third-order valence-electron chi connectivity index (χ3n) is 12.4. The fraction of sp³-hybridized carbons (Fsp3) is 0.358. The zero-order valence-electron chi connectivity index (χ0n) is 40.5. The molecule has 0 spiro atoms. The second-order valence-corrected chi connectivity index (χ2v) is 19.0. The lowest BCUT2D eigenvalue weighted by atomic mass is 9.95.